The standard InChI is InChI=1S/C12H11N5.3C2H6/c1-8-5-7-13-12(15-8)11-9(2)16-10-4-3-6-14-17(10)11;3*1-2/h3-7H,1-2H3;3*1-2H3. The number of fused-ring (bicyclic) bond motifs is 1. The molecule has 0 amide bonds. The molecule has 0 spiro atoms. The Hall–Kier alpha value is -2.30. The van der Waals surface area contributed by atoms with Gasteiger partial charge < -0.3 is 0 Å². The Labute approximate surface area is 139 Å². The van der Waals surface area contributed by atoms with Crippen LogP contribution >= 0.6 is 0 Å². The fraction of sp³-hybridized carbons (Fsp3) is 0.444. The molecular formula is C18H29N5. The number of aromatic nitrogens is 5. The van der Waals surface area contributed by atoms with Crippen molar-refractivity contribution >= 4 is 5.65 Å². The molecule has 0 saturated carbocycles. The molecule has 0 aliphatic rings. The van der Waals surface area contributed by atoms with Crippen LogP contribution in [0.1, 0.15) is 52.9 Å². The largest absolute Gasteiger partial charge is 0.235 e. The normalized spacial score (nSPS) is 8.87. The Balaban J connectivity index is 0.000000728. The summed E-state index contributed by atoms with van der Waals surface area (Å²) < 4.78 is 1.77. The van der Waals surface area contributed by atoms with Gasteiger partial charge in [0.2, 0.25) is 0 Å². The summed E-state index contributed by atoms with van der Waals surface area (Å²) in [6.07, 6.45) is 3.48. The third kappa shape index (κ3) is 5.13. The van der Waals surface area contributed by atoms with E-state index in [9.17, 15) is 0 Å². The molecule has 5 nitrogen and oxygen atoms in total. The van der Waals surface area contributed by atoms with E-state index < -0.39 is 0 Å². The van der Waals surface area contributed by atoms with Crippen molar-refractivity contribution in [3.8, 4) is 11.5 Å². The first-order valence-electron chi connectivity index (χ1n) is 8.36. The molecule has 0 radical (unpaired) electrons. The van der Waals surface area contributed by atoms with Gasteiger partial charge in [-0.25, -0.2) is 19.5 Å². The van der Waals surface area contributed by atoms with Crippen LogP contribution in [0.2, 0.25) is 0 Å². The number of hydrogen-bond acceptors (Lipinski definition) is 4. The van der Waals surface area contributed by atoms with Gasteiger partial charge in [0.1, 0.15) is 5.69 Å². The lowest BCUT2D eigenvalue weighted by Crippen LogP contribution is -1.98. The van der Waals surface area contributed by atoms with Crippen LogP contribution < -0.4 is 0 Å². The second-order valence-electron chi connectivity index (χ2n) is 3.86. The van der Waals surface area contributed by atoms with Crippen molar-refractivity contribution in [2.24, 2.45) is 0 Å². The maximum Gasteiger partial charge on any atom is 0.180 e. The Morgan fingerprint density at radius 2 is 1.48 bits per heavy atom. The summed E-state index contributed by atoms with van der Waals surface area (Å²) in [5.74, 6) is 0.661. The fourth-order valence-electron chi connectivity index (χ4n) is 1.82. The van der Waals surface area contributed by atoms with Gasteiger partial charge in [0.05, 0.1) is 5.69 Å². The van der Waals surface area contributed by atoms with Gasteiger partial charge in [-0.3, -0.25) is 0 Å². The third-order valence-electron chi connectivity index (χ3n) is 2.57. The van der Waals surface area contributed by atoms with Crippen LogP contribution in [-0.4, -0.2) is 24.6 Å². The highest BCUT2D eigenvalue weighted by Crippen LogP contribution is 2.20. The average molecular weight is 315 g/mol. The van der Waals surface area contributed by atoms with Crippen molar-refractivity contribution in [3.63, 3.8) is 0 Å². The average Bonchev–Trinajstić information content (AvgIpc) is 2.96. The molecule has 3 aromatic rings. The molecule has 0 aliphatic heterocycles. The van der Waals surface area contributed by atoms with Crippen molar-refractivity contribution < 1.29 is 0 Å². The van der Waals surface area contributed by atoms with E-state index in [0.29, 0.717) is 5.82 Å². The molecule has 3 aromatic heterocycles. The van der Waals surface area contributed by atoms with Crippen LogP contribution in [0.4, 0.5) is 0 Å². The smallest absolute Gasteiger partial charge is 0.180 e. The van der Waals surface area contributed by atoms with Crippen molar-refractivity contribution in [3.05, 3.63) is 42.0 Å². The summed E-state index contributed by atoms with van der Waals surface area (Å²) in [7, 11) is 0. The van der Waals surface area contributed by atoms with Gasteiger partial charge in [-0.05, 0) is 32.0 Å². The summed E-state index contributed by atoms with van der Waals surface area (Å²) in [5, 5.41) is 4.28. The molecule has 126 valence electrons. The topological polar surface area (TPSA) is 56.0 Å². The second kappa shape index (κ2) is 11.3. The van der Waals surface area contributed by atoms with Gasteiger partial charge in [-0.15, -0.1) is 0 Å². The Morgan fingerprint density at radius 3 is 2.09 bits per heavy atom. The van der Waals surface area contributed by atoms with E-state index in [1.807, 2.05) is 73.6 Å². The van der Waals surface area contributed by atoms with Crippen molar-refractivity contribution in [1.82, 2.24) is 24.6 Å². The summed E-state index contributed by atoms with van der Waals surface area (Å²) in [6, 6.07) is 5.65. The van der Waals surface area contributed by atoms with E-state index in [-0.39, 0.29) is 0 Å². The van der Waals surface area contributed by atoms with Crippen LogP contribution in [0.25, 0.3) is 17.2 Å². The van der Waals surface area contributed by atoms with Crippen LogP contribution in [0.15, 0.2) is 30.6 Å². The first kappa shape index (κ1) is 20.7. The molecule has 0 aromatic carbocycles. The van der Waals surface area contributed by atoms with Crippen molar-refractivity contribution in [1.29, 1.82) is 0 Å². The van der Waals surface area contributed by atoms with E-state index in [1.165, 1.54) is 0 Å². The zero-order valence-electron chi connectivity index (χ0n) is 15.6. The van der Waals surface area contributed by atoms with Gasteiger partial charge in [-0.2, -0.15) is 5.10 Å². The van der Waals surface area contributed by atoms with Gasteiger partial charge in [-0.1, -0.05) is 41.5 Å². The lowest BCUT2D eigenvalue weighted by molar-refractivity contribution is 0.925. The Bertz CT molecular complexity index is 689. The molecule has 0 saturated heterocycles. The zero-order chi connectivity index (χ0) is 17.8. The van der Waals surface area contributed by atoms with Crippen LogP contribution in [0, 0.1) is 13.8 Å². The second-order valence-corrected chi connectivity index (χ2v) is 3.86. The molecule has 0 N–H and O–H groups in total. The lowest BCUT2D eigenvalue weighted by atomic mass is 10.3. The first-order valence-corrected chi connectivity index (χ1v) is 8.36. The molecular weight excluding hydrogens is 286 g/mol. The third-order valence-corrected chi connectivity index (χ3v) is 2.57. The molecule has 3 rings (SSSR count). The summed E-state index contributed by atoms with van der Waals surface area (Å²) in [5.41, 5.74) is 3.48. The Kier molecular flexibility index (Phi) is 10.2. The summed E-state index contributed by atoms with van der Waals surface area (Å²) in [6.45, 7) is 15.9. The first-order chi connectivity index (χ1) is 11.3. The Morgan fingerprint density at radius 1 is 0.826 bits per heavy atom. The number of aryl methyl sites for hydroxylation is 2. The van der Waals surface area contributed by atoms with Crippen molar-refractivity contribution in [2.75, 3.05) is 0 Å². The minimum Gasteiger partial charge on any atom is -0.235 e. The van der Waals surface area contributed by atoms with Crippen LogP contribution in [0.5, 0.6) is 0 Å². The highest BCUT2D eigenvalue weighted by Gasteiger charge is 2.13. The van der Waals surface area contributed by atoms with Crippen LogP contribution in [0.3, 0.4) is 0 Å². The molecule has 3 heterocycles. The van der Waals surface area contributed by atoms with Crippen molar-refractivity contribution in [2.45, 2.75) is 55.4 Å². The van der Waals surface area contributed by atoms with E-state index in [4.69, 9.17) is 0 Å². The number of rotatable bonds is 1. The van der Waals surface area contributed by atoms with E-state index in [2.05, 4.69) is 20.1 Å². The SMILES string of the molecule is CC.CC.CC.Cc1ccnc(-c2c(C)nc3cccnn23)n1. The maximum absolute atomic E-state index is 4.44. The van der Waals surface area contributed by atoms with Gasteiger partial charge in [0, 0.05) is 18.1 Å². The molecule has 0 aliphatic carbocycles. The van der Waals surface area contributed by atoms with E-state index in [0.717, 1.165) is 22.7 Å². The molecule has 0 fully saturated rings. The van der Waals surface area contributed by atoms with Gasteiger partial charge in [0.25, 0.3) is 0 Å². The highest BCUT2D eigenvalue weighted by molar-refractivity contribution is 5.59. The quantitative estimate of drug-likeness (QED) is 0.642. The van der Waals surface area contributed by atoms with E-state index in [1.54, 1.807) is 16.9 Å². The monoisotopic (exact) mass is 315 g/mol. The van der Waals surface area contributed by atoms with E-state index >= 15 is 0 Å². The minimum atomic E-state index is 0.661. The summed E-state index contributed by atoms with van der Waals surface area (Å²) >= 11 is 0. The molecule has 5 heteroatoms. The van der Waals surface area contributed by atoms with Gasteiger partial charge in [0.15, 0.2) is 11.5 Å². The number of imidazole rings is 1. The van der Waals surface area contributed by atoms with Gasteiger partial charge >= 0.3 is 0 Å². The predicted molar refractivity (Wildman–Crippen MR) is 97.5 cm³/mol. The molecule has 23 heavy (non-hydrogen) atoms. The summed E-state index contributed by atoms with van der Waals surface area (Å²) in [4.78, 5) is 13.1. The highest BCUT2D eigenvalue weighted by atomic mass is 15.3. The molecule has 0 atom stereocenters. The predicted octanol–water partition coefficient (Wildman–Crippen LogP) is 4.88. The number of nitrogens with zero attached hydrogens (tertiary/aromatic N) is 5. The molecule has 0 bridgehead atoms. The lowest BCUT2D eigenvalue weighted by Gasteiger charge is -2.01. The minimum absolute atomic E-state index is 0.661. The molecule has 0 unspecified atom stereocenters. The van der Waals surface area contributed by atoms with Crippen LogP contribution in [-0.2, 0) is 0 Å². The zero-order valence-corrected chi connectivity index (χ0v) is 15.6. The maximum atomic E-state index is 4.44. The fourth-order valence-corrected chi connectivity index (χ4v) is 1.82. The number of hydrogen-bond donors (Lipinski definition) is 0.